The lowest BCUT2D eigenvalue weighted by Crippen LogP contribution is -2.35. The number of hydrogen-bond acceptors (Lipinski definition) is 2. The fourth-order valence-electron chi connectivity index (χ4n) is 4.16. The van der Waals surface area contributed by atoms with E-state index in [4.69, 9.17) is 34.8 Å². The molecule has 0 spiro atoms. The molecular formula is C20H14Cl3F3N2O. The van der Waals surface area contributed by atoms with Gasteiger partial charge in [-0.25, -0.2) is 0 Å². The van der Waals surface area contributed by atoms with E-state index in [0.29, 0.717) is 32.7 Å². The van der Waals surface area contributed by atoms with Gasteiger partial charge in [0.05, 0.1) is 26.6 Å². The first-order chi connectivity index (χ1) is 13.6. The zero-order valence-corrected chi connectivity index (χ0v) is 17.2. The van der Waals surface area contributed by atoms with Crippen molar-refractivity contribution in [2.75, 3.05) is 11.4 Å². The standard InChI is InChI=1S/C20H14Cl3F3N2O/c1-9-17-15(5-4-14-18(17)13(23)7-16(29)27-14)28(8-20(24,25)26)19(9)10-2-3-11(21)12(22)6-10/h2-7,9,19H,8H2,1H3,(H,27,29). The van der Waals surface area contributed by atoms with Crippen molar-refractivity contribution in [1.82, 2.24) is 4.98 Å². The summed E-state index contributed by atoms with van der Waals surface area (Å²) < 4.78 is 40.3. The zero-order valence-electron chi connectivity index (χ0n) is 14.9. The van der Waals surface area contributed by atoms with E-state index in [1.165, 1.54) is 11.0 Å². The minimum atomic E-state index is -4.42. The van der Waals surface area contributed by atoms with Crippen molar-refractivity contribution in [3.8, 4) is 0 Å². The molecule has 0 fully saturated rings. The van der Waals surface area contributed by atoms with Crippen molar-refractivity contribution in [2.45, 2.75) is 25.1 Å². The van der Waals surface area contributed by atoms with Crippen molar-refractivity contribution >= 4 is 51.4 Å². The van der Waals surface area contributed by atoms with E-state index in [2.05, 4.69) is 4.98 Å². The second-order valence-corrected chi connectivity index (χ2v) is 8.27. The highest BCUT2D eigenvalue weighted by Crippen LogP contribution is 2.53. The normalized spacial score (nSPS) is 19.1. The summed E-state index contributed by atoms with van der Waals surface area (Å²) in [6.45, 7) is 0.699. The number of nitrogens with one attached hydrogen (secondary N) is 1. The third kappa shape index (κ3) is 3.58. The summed E-state index contributed by atoms with van der Waals surface area (Å²) in [5.41, 5.74) is 1.80. The van der Waals surface area contributed by atoms with Crippen LogP contribution < -0.4 is 10.5 Å². The molecule has 1 aliphatic heterocycles. The number of pyridine rings is 1. The number of benzene rings is 2. The molecule has 1 aromatic heterocycles. The smallest absolute Gasteiger partial charge is 0.355 e. The highest BCUT2D eigenvalue weighted by molar-refractivity contribution is 6.42. The van der Waals surface area contributed by atoms with Crippen LogP contribution in [0.3, 0.4) is 0 Å². The Morgan fingerprint density at radius 1 is 1.03 bits per heavy atom. The largest absolute Gasteiger partial charge is 0.405 e. The van der Waals surface area contributed by atoms with Crippen molar-refractivity contribution in [3.05, 3.63) is 72.9 Å². The van der Waals surface area contributed by atoms with E-state index >= 15 is 0 Å². The molecule has 2 aromatic carbocycles. The Balaban J connectivity index is 1.97. The number of hydrogen-bond donors (Lipinski definition) is 1. The van der Waals surface area contributed by atoms with E-state index in [1.54, 1.807) is 30.3 Å². The summed E-state index contributed by atoms with van der Waals surface area (Å²) in [6, 6.07) is 8.61. The Hall–Kier alpha value is -1.89. The molecule has 9 heteroatoms. The maximum atomic E-state index is 13.4. The third-order valence-corrected chi connectivity index (χ3v) is 6.22. The summed E-state index contributed by atoms with van der Waals surface area (Å²) in [6.07, 6.45) is -4.42. The zero-order chi connectivity index (χ0) is 21.1. The predicted octanol–water partition coefficient (Wildman–Crippen LogP) is 6.72. The first-order valence-electron chi connectivity index (χ1n) is 8.70. The van der Waals surface area contributed by atoms with Crippen LogP contribution in [-0.4, -0.2) is 17.7 Å². The van der Waals surface area contributed by atoms with Crippen molar-refractivity contribution in [3.63, 3.8) is 0 Å². The van der Waals surface area contributed by atoms with Crippen LogP contribution in [-0.2, 0) is 0 Å². The Morgan fingerprint density at radius 2 is 1.76 bits per heavy atom. The molecule has 3 aromatic rings. The highest BCUT2D eigenvalue weighted by atomic mass is 35.5. The number of rotatable bonds is 2. The second kappa shape index (κ2) is 7.11. The number of alkyl halides is 3. The first kappa shape index (κ1) is 20.4. The molecule has 152 valence electrons. The van der Waals surface area contributed by atoms with Crippen molar-refractivity contribution in [1.29, 1.82) is 0 Å². The maximum Gasteiger partial charge on any atom is 0.405 e. The summed E-state index contributed by atoms with van der Waals surface area (Å²) >= 11 is 18.5. The maximum absolute atomic E-state index is 13.4. The van der Waals surface area contributed by atoms with Gasteiger partial charge in [0, 0.05) is 23.1 Å². The van der Waals surface area contributed by atoms with Crippen molar-refractivity contribution < 1.29 is 13.2 Å². The van der Waals surface area contributed by atoms with E-state index in [9.17, 15) is 18.0 Å². The Labute approximate surface area is 179 Å². The molecule has 2 unspecified atom stereocenters. The highest BCUT2D eigenvalue weighted by Gasteiger charge is 2.43. The minimum Gasteiger partial charge on any atom is -0.355 e. The van der Waals surface area contributed by atoms with Gasteiger partial charge in [0.15, 0.2) is 0 Å². The molecule has 2 atom stereocenters. The van der Waals surface area contributed by atoms with Gasteiger partial charge in [0.2, 0.25) is 5.56 Å². The number of aromatic amines is 1. The van der Waals surface area contributed by atoms with Gasteiger partial charge in [-0.1, -0.05) is 47.8 Å². The lowest BCUT2D eigenvalue weighted by Gasteiger charge is -2.31. The second-order valence-electron chi connectivity index (χ2n) is 7.05. The topological polar surface area (TPSA) is 36.1 Å². The van der Waals surface area contributed by atoms with E-state index < -0.39 is 18.8 Å². The molecule has 1 aliphatic rings. The molecule has 0 saturated heterocycles. The van der Waals surface area contributed by atoms with Crippen LogP contribution in [0.15, 0.2) is 41.2 Å². The Bertz CT molecular complexity index is 1180. The van der Waals surface area contributed by atoms with Gasteiger partial charge >= 0.3 is 6.18 Å². The molecule has 2 heterocycles. The van der Waals surface area contributed by atoms with Crippen LogP contribution in [0.4, 0.5) is 18.9 Å². The summed E-state index contributed by atoms with van der Waals surface area (Å²) in [4.78, 5) is 15.8. The first-order valence-corrected chi connectivity index (χ1v) is 9.84. The summed E-state index contributed by atoms with van der Waals surface area (Å²) in [5, 5.41) is 1.35. The number of nitrogens with zero attached hydrogens (tertiary/aromatic N) is 1. The van der Waals surface area contributed by atoms with E-state index in [-0.39, 0.29) is 21.5 Å². The lowest BCUT2D eigenvalue weighted by atomic mass is 9.90. The predicted molar refractivity (Wildman–Crippen MR) is 111 cm³/mol. The molecule has 1 N–H and O–H groups in total. The van der Waals surface area contributed by atoms with Crippen LogP contribution in [0.5, 0.6) is 0 Å². The van der Waals surface area contributed by atoms with Gasteiger partial charge in [-0.15, -0.1) is 0 Å². The van der Waals surface area contributed by atoms with Gasteiger partial charge in [-0.05, 0) is 35.4 Å². The lowest BCUT2D eigenvalue weighted by molar-refractivity contribution is -0.120. The van der Waals surface area contributed by atoms with Crippen LogP contribution in [0.25, 0.3) is 10.9 Å². The molecule has 0 bridgehead atoms. The van der Waals surface area contributed by atoms with Gasteiger partial charge in [-0.3, -0.25) is 4.79 Å². The molecule has 0 aliphatic carbocycles. The van der Waals surface area contributed by atoms with Gasteiger partial charge in [-0.2, -0.15) is 13.2 Å². The van der Waals surface area contributed by atoms with Gasteiger partial charge in [0.1, 0.15) is 6.54 Å². The fraction of sp³-hybridized carbons (Fsp3) is 0.250. The number of aromatic nitrogens is 1. The van der Waals surface area contributed by atoms with Crippen LogP contribution >= 0.6 is 34.8 Å². The fourth-order valence-corrected chi connectivity index (χ4v) is 4.77. The average molecular weight is 462 g/mol. The third-order valence-electron chi connectivity index (χ3n) is 5.19. The van der Waals surface area contributed by atoms with Crippen LogP contribution in [0, 0.1) is 0 Å². The number of H-pyrrole nitrogens is 1. The Kier molecular flexibility index (Phi) is 5.00. The minimum absolute atomic E-state index is 0.203. The monoisotopic (exact) mass is 460 g/mol. The molecular weight excluding hydrogens is 448 g/mol. The molecule has 0 radical (unpaired) electrons. The molecule has 0 amide bonds. The van der Waals surface area contributed by atoms with E-state index in [0.717, 1.165) is 0 Å². The van der Waals surface area contributed by atoms with Gasteiger partial charge in [0.25, 0.3) is 0 Å². The summed E-state index contributed by atoms with van der Waals surface area (Å²) in [7, 11) is 0. The molecule has 29 heavy (non-hydrogen) atoms. The Morgan fingerprint density at radius 3 is 2.41 bits per heavy atom. The van der Waals surface area contributed by atoms with E-state index in [1.807, 2.05) is 6.92 Å². The van der Waals surface area contributed by atoms with Crippen LogP contribution in [0.1, 0.15) is 30.0 Å². The molecule has 0 saturated carbocycles. The quantitative estimate of drug-likeness (QED) is 0.460. The SMILES string of the molecule is CC1c2c(ccc3[nH]c(=O)cc(Cl)c23)N(CC(F)(F)F)C1c1ccc(Cl)c(Cl)c1. The van der Waals surface area contributed by atoms with Crippen LogP contribution in [0.2, 0.25) is 15.1 Å². The number of anilines is 1. The summed E-state index contributed by atoms with van der Waals surface area (Å²) in [5.74, 6) is -0.350. The van der Waals surface area contributed by atoms with Crippen molar-refractivity contribution in [2.24, 2.45) is 0 Å². The number of halogens is 6. The van der Waals surface area contributed by atoms with Gasteiger partial charge < -0.3 is 9.88 Å². The number of fused-ring (bicyclic) bond motifs is 3. The molecule has 4 rings (SSSR count). The average Bonchev–Trinajstić information content (AvgIpc) is 2.87. The molecule has 3 nitrogen and oxygen atoms in total.